The molecule has 0 aliphatic heterocycles. The minimum atomic E-state index is -3.62. The van der Waals surface area contributed by atoms with Gasteiger partial charge in [0.05, 0.1) is 27.9 Å². The minimum Gasteiger partial charge on any atom is -0.338 e. The van der Waals surface area contributed by atoms with Crippen LogP contribution < -0.4 is 5.32 Å². The summed E-state index contributed by atoms with van der Waals surface area (Å²) in [5.41, 5.74) is 1.76. The first-order chi connectivity index (χ1) is 13.8. The number of fused-ring (bicyclic) bond motifs is 1. The van der Waals surface area contributed by atoms with Crippen LogP contribution in [0, 0.1) is 5.82 Å². The fourth-order valence-electron chi connectivity index (χ4n) is 2.99. The Morgan fingerprint density at radius 1 is 1.14 bits per heavy atom. The first kappa shape index (κ1) is 18.8. The summed E-state index contributed by atoms with van der Waals surface area (Å²) < 4.78 is 38.0. The Bertz CT molecular complexity index is 1330. The maximum Gasteiger partial charge on any atom is 0.257 e. The van der Waals surface area contributed by atoms with Gasteiger partial charge >= 0.3 is 0 Å². The second kappa shape index (κ2) is 7.10. The molecule has 2 aromatic carbocycles. The molecule has 0 spiro atoms. The van der Waals surface area contributed by atoms with Crippen molar-refractivity contribution in [2.75, 3.05) is 11.6 Å². The van der Waals surface area contributed by atoms with E-state index in [0.717, 1.165) is 18.4 Å². The lowest BCUT2D eigenvalue weighted by atomic mass is 10.1. The highest BCUT2D eigenvalue weighted by Crippen LogP contribution is 2.29. The Hall–Kier alpha value is -3.59. The number of carbonyl (C=O) groups is 1. The number of sulfone groups is 1. The molecular weight excluding hydrogens is 395 g/mol. The van der Waals surface area contributed by atoms with Gasteiger partial charge in [-0.2, -0.15) is 0 Å². The van der Waals surface area contributed by atoms with Gasteiger partial charge in [0.2, 0.25) is 0 Å². The average Bonchev–Trinajstić information content (AvgIpc) is 3.12. The van der Waals surface area contributed by atoms with Crippen molar-refractivity contribution in [2.24, 2.45) is 0 Å². The third-order valence-corrected chi connectivity index (χ3v) is 5.43. The van der Waals surface area contributed by atoms with Crippen molar-refractivity contribution < 1.29 is 17.6 Å². The number of amides is 1. The number of hydrogen-bond acceptors (Lipinski definition) is 5. The molecule has 0 saturated carbocycles. The first-order valence-electron chi connectivity index (χ1n) is 8.53. The summed E-state index contributed by atoms with van der Waals surface area (Å²) >= 11 is 0. The number of benzene rings is 2. The molecule has 0 bridgehead atoms. The summed E-state index contributed by atoms with van der Waals surface area (Å²) in [5.74, 6) is -0.840. The summed E-state index contributed by atoms with van der Waals surface area (Å²) in [6, 6.07) is 11.7. The van der Waals surface area contributed by atoms with Crippen LogP contribution in [0.3, 0.4) is 0 Å². The summed E-state index contributed by atoms with van der Waals surface area (Å²) in [6.45, 7) is 0. The number of para-hydroxylation sites is 1. The van der Waals surface area contributed by atoms with Crippen molar-refractivity contribution >= 4 is 32.5 Å². The maximum absolute atomic E-state index is 13.8. The van der Waals surface area contributed by atoms with E-state index < -0.39 is 21.6 Å². The Morgan fingerprint density at radius 2 is 1.97 bits per heavy atom. The predicted octanol–water partition coefficient (Wildman–Crippen LogP) is 3.42. The van der Waals surface area contributed by atoms with Gasteiger partial charge in [-0.3, -0.25) is 9.78 Å². The summed E-state index contributed by atoms with van der Waals surface area (Å²) in [6.07, 6.45) is 4.15. The van der Waals surface area contributed by atoms with E-state index in [-0.39, 0.29) is 21.8 Å². The molecule has 4 aromatic rings. The van der Waals surface area contributed by atoms with Crippen molar-refractivity contribution in [2.45, 2.75) is 4.90 Å². The van der Waals surface area contributed by atoms with Crippen LogP contribution in [0.2, 0.25) is 0 Å². The highest BCUT2D eigenvalue weighted by molar-refractivity contribution is 7.90. The third kappa shape index (κ3) is 3.72. The summed E-state index contributed by atoms with van der Waals surface area (Å²) in [5, 5.41) is 2.73. The van der Waals surface area contributed by atoms with Crippen molar-refractivity contribution in [3.8, 4) is 11.4 Å². The van der Waals surface area contributed by atoms with Gasteiger partial charge in [0.1, 0.15) is 17.2 Å². The average molecular weight is 410 g/mol. The van der Waals surface area contributed by atoms with Gasteiger partial charge < -0.3 is 10.3 Å². The monoisotopic (exact) mass is 410 g/mol. The number of pyridine rings is 1. The van der Waals surface area contributed by atoms with Crippen LogP contribution >= 0.6 is 0 Å². The van der Waals surface area contributed by atoms with Crippen LogP contribution in [0.1, 0.15) is 10.4 Å². The predicted molar refractivity (Wildman–Crippen MR) is 107 cm³/mol. The molecule has 0 saturated heterocycles. The highest BCUT2D eigenvalue weighted by Gasteiger charge is 2.20. The van der Waals surface area contributed by atoms with Crippen molar-refractivity contribution in [3.05, 3.63) is 72.3 Å². The van der Waals surface area contributed by atoms with Crippen LogP contribution in [0.5, 0.6) is 0 Å². The summed E-state index contributed by atoms with van der Waals surface area (Å²) in [4.78, 5) is 24.0. The number of hydrogen-bond donors (Lipinski definition) is 2. The number of rotatable bonds is 4. The molecule has 0 aliphatic carbocycles. The van der Waals surface area contributed by atoms with Gasteiger partial charge in [0.15, 0.2) is 9.84 Å². The lowest BCUT2D eigenvalue weighted by Gasteiger charge is -2.05. The molecule has 0 atom stereocenters. The van der Waals surface area contributed by atoms with E-state index in [0.29, 0.717) is 16.7 Å². The zero-order chi connectivity index (χ0) is 20.6. The molecule has 2 heterocycles. The topological polar surface area (TPSA) is 105 Å². The molecule has 9 heteroatoms. The van der Waals surface area contributed by atoms with Crippen molar-refractivity contribution in [3.63, 3.8) is 0 Å². The van der Waals surface area contributed by atoms with E-state index >= 15 is 0 Å². The van der Waals surface area contributed by atoms with E-state index in [4.69, 9.17) is 0 Å². The Labute approximate surface area is 165 Å². The van der Waals surface area contributed by atoms with Gasteiger partial charge in [0, 0.05) is 18.0 Å². The van der Waals surface area contributed by atoms with Crippen molar-refractivity contribution in [1.29, 1.82) is 0 Å². The normalized spacial score (nSPS) is 11.5. The molecule has 0 unspecified atom stereocenters. The number of nitrogens with zero attached hydrogens (tertiary/aromatic N) is 2. The van der Waals surface area contributed by atoms with Gasteiger partial charge in [-0.05, 0) is 42.5 Å². The molecular formula is C20H15FN4O3S. The smallest absolute Gasteiger partial charge is 0.257 e. The Morgan fingerprint density at radius 3 is 2.69 bits per heavy atom. The zero-order valence-electron chi connectivity index (χ0n) is 15.2. The van der Waals surface area contributed by atoms with Crippen LogP contribution in [0.4, 0.5) is 10.1 Å². The molecule has 29 heavy (non-hydrogen) atoms. The number of anilines is 1. The van der Waals surface area contributed by atoms with Gasteiger partial charge in [-0.15, -0.1) is 0 Å². The van der Waals surface area contributed by atoms with Crippen LogP contribution in [0.25, 0.3) is 22.4 Å². The van der Waals surface area contributed by atoms with Crippen LogP contribution in [-0.4, -0.2) is 35.5 Å². The van der Waals surface area contributed by atoms with E-state index in [1.165, 1.54) is 12.3 Å². The second-order valence-corrected chi connectivity index (χ2v) is 8.38. The van der Waals surface area contributed by atoms with Gasteiger partial charge in [-0.25, -0.2) is 17.8 Å². The molecule has 2 N–H and O–H groups in total. The molecule has 1 amide bonds. The fourth-order valence-corrected chi connectivity index (χ4v) is 3.86. The number of halogens is 1. The van der Waals surface area contributed by atoms with Crippen LogP contribution in [-0.2, 0) is 9.84 Å². The number of carbonyl (C=O) groups excluding carboxylic acids is 1. The quantitative estimate of drug-likeness (QED) is 0.502. The van der Waals surface area contributed by atoms with Gasteiger partial charge in [-0.1, -0.05) is 6.07 Å². The zero-order valence-corrected chi connectivity index (χ0v) is 16.0. The Kier molecular flexibility index (Phi) is 4.59. The number of aromatic amines is 1. The maximum atomic E-state index is 13.8. The SMILES string of the molecule is CS(=O)(=O)c1ccc(F)cc1-c1nc2c(C(=O)Nc3cccnc3)cccc2[nH]1. The van der Waals surface area contributed by atoms with E-state index in [2.05, 4.69) is 20.3 Å². The first-order valence-corrected chi connectivity index (χ1v) is 10.4. The molecule has 4 rings (SSSR count). The number of aromatic nitrogens is 3. The van der Waals surface area contributed by atoms with E-state index in [1.807, 2.05) is 0 Å². The lowest BCUT2D eigenvalue weighted by molar-refractivity contribution is 0.102. The fraction of sp³-hybridized carbons (Fsp3) is 0.0500. The summed E-state index contributed by atoms with van der Waals surface area (Å²) in [7, 11) is -3.62. The van der Waals surface area contributed by atoms with Gasteiger partial charge in [0.25, 0.3) is 5.91 Å². The highest BCUT2D eigenvalue weighted by atomic mass is 32.2. The van der Waals surface area contributed by atoms with E-state index in [9.17, 15) is 17.6 Å². The lowest BCUT2D eigenvalue weighted by Crippen LogP contribution is -2.12. The number of nitrogens with one attached hydrogen (secondary N) is 2. The molecule has 0 fully saturated rings. The Balaban J connectivity index is 1.82. The van der Waals surface area contributed by atoms with Crippen molar-refractivity contribution in [1.82, 2.24) is 15.0 Å². The number of H-pyrrole nitrogens is 1. The molecule has 7 nitrogen and oxygen atoms in total. The van der Waals surface area contributed by atoms with E-state index in [1.54, 1.807) is 36.5 Å². The molecule has 0 radical (unpaired) electrons. The second-order valence-electron chi connectivity index (χ2n) is 6.40. The minimum absolute atomic E-state index is 0.0562. The molecule has 2 aromatic heterocycles. The van der Waals surface area contributed by atoms with Crippen LogP contribution in [0.15, 0.2) is 65.8 Å². The third-order valence-electron chi connectivity index (χ3n) is 4.27. The molecule has 0 aliphatic rings. The number of imidazole rings is 1. The standard InChI is InChI=1S/C20H15FN4O3S/c1-29(27,28)17-8-7-12(21)10-15(17)19-24-16-6-2-5-14(18(16)25-19)20(26)23-13-4-3-9-22-11-13/h2-11H,1H3,(H,23,26)(H,24,25). The molecule has 146 valence electrons. The largest absolute Gasteiger partial charge is 0.338 e.